The summed E-state index contributed by atoms with van der Waals surface area (Å²) < 4.78 is 7.01. The second kappa shape index (κ2) is 6.29. The molecule has 2 heterocycles. The van der Waals surface area contributed by atoms with Crippen LogP contribution in [0.25, 0.3) is 11.3 Å². The molecule has 0 bridgehead atoms. The maximum absolute atomic E-state index is 9.23. The van der Waals surface area contributed by atoms with E-state index in [2.05, 4.69) is 15.3 Å². The van der Waals surface area contributed by atoms with Crippen molar-refractivity contribution in [2.45, 2.75) is 32.9 Å². The van der Waals surface area contributed by atoms with E-state index in [0.29, 0.717) is 25.5 Å². The Morgan fingerprint density at radius 3 is 2.89 bits per heavy atom. The third kappa shape index (κ3) is 3.75. The minimum absolute atomic E-state index is 0.334. The second-order valence-electron chi connectivity index (χ2n) is 4.32. The lowest BCUT2D eigenvalue weighted by Crippen LogP contribution is -2.07. The second-order valence-corrected chi connectivity index (χ2v) is 4.32. The molecule has 19 heavy (non-hydrogen) atoms. The number of aromatic nitrogens is 4. The number of aryl methyl sites for hydroxylation is 1. The van der Waals surface area contributed by atoms with Gasteiger partial charge in [0.05, 0.1) is 18.9 Å². The quantitative estimate of drug-likeness (QED) is 0.854. The van der Waals surface area contributed by atoms with Gasteiger partial charge in [-0.3, -0.25) is 4.68 Å². The maximum Gasteiger partial charge on any atom is 0.213 e. The molecule has 0 aliphatic rings. The molecule has 2 aromatic rings. The van der Waals surface area contributed by atoms with E-state index < -0.39 is 0 Å². The molecule has 0 fully saturated rings. The van der Waals surface area contributed by atoms with Crippen LogP contribution in [0.2, 0.25) is 0 Å². The van der Waals surface area contributed by atoms with Crippen molar-refractivity contribution in [2.24, 2.45) is 0 Å². The van der Waals surface area contributed by atoms with Crippen molar-refractivity contribution in [1.82, 2.24) is 20.0 Å². The van der Waals surface area contributed by atoms with Gasteiger partial charge in [0.1, 0.15) is 5.69 Å². The van der Waals surface area contributed by atoms with Crippen LogP contribution in [0.4, 0.5) is 0 Å². The van der Waals surface area contributed by atoms with Gasteiger partial charge in [0.25, 0.3) is 0 Å². The number of nitrogens with zero attached hydrogens (tertiary/aromatic N) is 4. The summed E-state index contributed by atoms with van der Waals surface area (Å²) in [6.45, 7) is 4.93. The van der Waals surface area contributed by atoms with Crippen molar-refractivity contribution in [2.75, 3.05) is 6.61 Å². The first kappa shape index (κ1) is 13.5. The number of ether oxygens (including phenoxy) is 1. The molecule has 6 nitrogen and oxygen atoms in total. The molecule has 1 N–H and O–H groups in total. The Labute approximate surface area is 112 Å². The van der Waals surface area contributed by atoms with E-state index in [-0.39, 0.29) is 6.10 Å². The normalized spacial score (nSPS) is 12.4. The van der Waals surface area contributed by atoms with E-state index in [4.69, 9.17) is 4.74 Å². The van der Waals surface area contributed by atoms with E-state index in [1.807, 2.05) is 25.3 Å². The molecule has 2 rings (SSSR count). The molecule has 2 aromatic heterocycles. The number of aliphatic hydroxyl groups is 1. The van der Waals surface area contributed by atoms with Gasteiger partial charge in [0.15, 0.2) is 0 Å². The van der Waals surface area contributed by atoms with Gasteiger partial charge >= 0.3 is 0 Å². The molecular weight excluding hydrogens is 244 g/mol. The molecule has 0 amide bonds. The number of hydrogen-bond acceptors (Lipinski definition) is 5. The summed E-state index contributed by atoms with van der Waals surface area (Å²) in [6.07, 6.45) is 3.89. The molecule has 6 heteroatoms. The predicted octanol–water partition coefficient (Wildman–Crippen LogP) is 1.51. The van der Waals surface area contributed by atoms with Crippen LogP contribution in [0.1, 0.15) is 20.3 Å². The Hall–Kier alpha value is -1.95. The predicted molar refractivity (Wildman–Crippen MR) is 70.7 cm³/mol. The van der Waals surface area contributed by atoms with Crippen LogP contribution in [0.3, 0.4) is 0 Å². The Morgan fingerprint density at radius 2 is 2.26 bits per heavy atom. The number of pyridine rings is 1. The van der Waals surface area contributed by atoms with E-state index in [1.54, 1.807) is 17.8 Å². The minimum Gasteiger partial charge on any atom is -0.478 e. The monoisotopic (exact) mass is 262 g/mol. The van der Waals surface area contributed by atoms with Crippen LogP contribution >= 0.6 is 0 Å². The first-order valence-corrected chi connectivity index (χ1v) is 6.36. The first-order valence-electron chi connectivity index (χ1n) is 6.36. The van der Waals surface area contributed by atoms with Gasteiger partial charge in [0, 0.05) is 24.4 Å². The van der Waals surface area contributed by atoms with Crippen LogP contribution in [0.15, 0.2) is 24.5 Å². The van der Waals surface area contributed by atoms with Gasteiger partial charge in [-0.1, -0.05) is 5.21 Å². The summed E-state index contributed by atoms with van der Waals surface area (Å²) in [4.78, 5) is 4.19. The van der Waals surface area contributed by atoms with Crippen LogP contribution in [0, 0.1) is 0 Å². The van der Waals surface area contributed by atoms with Crippen LogP contribution in [-0.4, -0.2) is 37.8 Å². The molecular formula is C13H18N4O2. The van der Waals surface area contributed by atoms with Gasteiger partial charge in [-0.05, 0) is 26.3 Å². The molecule has 0 aliphatic carbocycles. The molecule has 102 valence electrons. The molecule has 0 aliphatic heterocycles. The molecule has 0 saturated carbocycles. The Morgan fingerprint density at radius 1 is 1.42 bits per heavy atom. The topological polar surface area (TPSA) is 73.1 Å². The number of rotatable bonds is 6. The van der Waals surface area contributed by atoms with Crippen LogP contribution < -0.4 is 4.74 Å². The average molecular weight is 262 g/mol. The summed E-state index contributed by atoms with van der Waals surface area (Å²) in [5.41, 5.74) is 1.66. The molecule has 0 radical (unpaired) electrons. The molecule has 1 atom stereocenters. The van der Waals surface area contributed by atoms with Crippen LogP contribution in [-0.2, 0) is 6.54 Å². The number of hydrogen-bond donors (Lipinski definition) is 1. The lowest BCUT2D eigenvalue weighted by molar-refractivity contribution is 0.176. The molecule has 0 aromatic carbocycles. The fraction of sp³-hybridized carbons (Fsp3) is 0.462. The van der Waals surface area contributed by atoms with Crippen molar-refractivity contribution >= 4 is 0 Å². The van der Waals surface area contributed by atoms with Crippen molar-refractivity contribution in [3.05, 3.63) is 24.5 Å². The van der Waals surface area contributed by atoms with Crippen molar-refractivity contribution in [3.8, 4) is 17.1 Å². The third-order valence-corrected chi connectivity index (χ3v) is 2.64. The summed E-state index contributed by atoms with van der Waals surface area (Å²) >= 11 is 0. The lowest BCUT2D eigenvalue weighted by Gasteiger charge is -2.02. The van der Waals surface area contributed by atoms with E-state index in [9.17, 15) is 5.11 Å². The third-order valence-electron chi connectivity index (χ3n) is 2.64. The Balaban J connectivity index is 2.05. The van der Waals surface area contributed by atoms with Crippen molar-refractivity contribution in [1.29, 1.82) is 0 Å². The van der Waals surface area contributed by atoms with Crippen molar-refractivity contribution in [3.63, 3.8) is 0 Å². The van der Waals surface area contributed by atoms with Gasteiger partial charge in [0.2, 0.25) is 5.88 Å². The Bertz CT molecular complexity index is 508. The zero-order chi connectivity index (χ0) is 13.7. The van der Waals surface area contributed by atoms with E-state index >= 15 is 0 Å². The van der Waals surface area contributed by atoms with Gasteiger partial charge in [-0.2, -0.15) is 0 Å². The molecule has 0 spiro atoms. The van der Waals surface area contributed by atoms with Crippen molar-refractivity contribution < 1.29 is 9.84 Å². The maximum atomic E-state index is 9.23. The summed E-state index contributed by atoms with van der Waals surface area (Å²) in [5.74, 6) is 0.604. The SMILES string of the molecule is CCOc1ccc(-c2cn(CCC(C)O)nn2)cn1. The summed E-state index contributed by atoms with van der Waals surface area (Å²) in [6, 6.07) is 3.72. The highest BCUT2D eigenvalue weighted by Crippen LogP contribution is 2.17. The zero-order valence-corrected chi connectivity index (χ0v) is 11.2. The smallest absolute Gasteiger partial charge is 0.213 e. The largest absolute Gasteiger partial charge is 0.478 e. The summed E-state index contributed by atoms with van der Waals surface area (Å²) in [5, 5.41) is 17.3. The summed E-state index contributed by atoms with van der Waals surface area (Å²) in [7, 11) is 0. The zero-order valence-electron chi connectivity index (χ0n) is 11.2. The lowest BCUT2D eigenvalue weighted by atomic mass is 10.2. The molecule has 0 saturated heterocycles. The van der Waals surface area contributed by atoms with E-state index in [1.165, 1.54) is 0 Å². The Kier molecular flexibility index (Phi) is 4.46. The van der Waals surface area contributed by atoms with Crippen LogP contribution in [0.5, 0.6) is 5.88 Å². The van der Waals surface area contributed by atoms with Gasteiger partial charge in [-0.15, -0.1) is 5.10 Å². The van der Waals surface area contributed by atoms with E-state index in [0.717, 1.165) is 11.3 Å². The molecule has 1 unspecified atom stereocenters. The standard InChI is InChI=1S/C13H18N4O2/c1-3-19-13-5-4-11(8-14-13)12-9-17(16-15-12)7-6-10(2)18/h4-5,8-10,18H,3,6-7H2,1-2H3. The first-order chi connectivity index (χ1) is 9.19. The fourth-order valence-corrected chi connectivity index (χ4v) is 1.62. The average Bonchev–Trinajstić information content (AvgIpc) is 2.86. The van der Waals surface area contributed by atoms with Gasteiger partial charge in [-0.25, -0.2) is 4.98 Å². The highest BCUT2D eigenvalue weighted by molar-refractivity contribution is 5.56. The minimum atomic E-state index is -0.334. The highest BCUT2D eigenvalue weighted by atomic mass is 16.5. The highest BCUT2D eigenvalue weighted by Gasteiger charge is 2.05. The number of aliphatic hydroxyl groups excluding tert-OH is 1. The van der Waals surface area contributed by atoms with Gasteiger partial charge < -0.3 is 9.84 Å². The fourth-order valence-electron chi connectivity index (χ4n) is 1.62.